The second-order valence-electron chi connectivity index (χ2n) is 5.42. The fourth-order valence-electron chi connectivity index (χ4n) is 2.90. The van der Waals surface area contributed by atoms with Gasteiger partial charge in [-0.25, -0.2) is 9.97 Å². The Hall–Kier alpha value is -0.960. The maximum Gasteiger partial charge on any atom is 0.115 e. The first kappa shape index (κ1) is 13.5. The van der Waals surface area contributed by atoms with Gasteiger partial charge in [-0.2, -0.15) is 0 Å². The molecule has 1 unspecified atom stereocenters. The van der Waals surface area contributed by atoms with Gasteiger partial charge in [0.15, 0.2) is 0 Å². The summed E-state index contributed by atoms with van der Waals surface area (Å²) in [7, 11) is 0. The van der Waals surface area contributed by atoms with E-state index in [1.165, 1.54) is 50.5 Å². The summed E-state index contributed by atoms with van der Waals surface area (Å²) < 4.78 is 0. The van der Waals surface area contributed by atoms with Crippen molar-refractivity contribution in [3.05, 3.63) is 24.3 Å². The number of aromatic nitrogens is 2. The lowest BCUT2D eigenvalue weighted by Gasteiger charge is -2.27. The van der Waals surface area contributed by atoms with Gasteiger partial charge in [-0.1, -0.05) is 39.0 Å². The minimum absolute atomic E-state index is 0.439. The highest BCUT2D eigenvalue weighted by Crippen LogP contribution is 2.31. The number of rotatable bonds is 6. The molecule has 1 heterocycles. The smallest absolute Gasteiger partial charge is 0.115 e. The first-order valence-electron chi connectivity index (χ1n) is 7.38. The maximum atomic E-state index is 4.16. The van der Waals surface area contributed by atoms with Crippen molar-refractivity contribution in [2.24, 2.45) is 5.92 Å². The zero-order valence-electron chi connectivity index (χ0n) is 11.4. The summed E-state index contributed by atoms with van der Waals surface area (Å²) >= 11 is 0. The molecule has 1 aliphatic rings. The normalized spacial score (nSPS) is 18.7. The van der Waals surface area contributed by atoms with Gasteiger partial charge >= 0.3 is 0 Å². The molecule has 0 amide bonds. The van der Waals surface area contributed by atoms with Crippen LogP contribution in [0, 0.1) is 5.92 Å². The first-order chi connectivity index (χ1) is 8.90. The molecule has 1 aromatic heterocycles. The Labute approximate surface area is 110 Å². The van der Waals surface area contributed by atoms with E-state index in [2.05, 4.69) is 22.2 Å². The topological polar surface area (TPSA) is 37.8 Å². The van der Waals surface area contributed by atoms with Crippen LogP contribution in [-0.2, 0) is 0 Å². The van der Waals surface area contributed by atoms with Crippen LogP contribution in [0.25, 0.3) is 0 Å². The molecule has 1 aliphatic carbocycles. The molecular weight excluding hydrogens is 222 g/mol. The Balaban J connectivity index is 1.95. The van der Waals surface area contributed by atoms with Gasteiger partial charge in [-0.3, -0.25) is 0 Å². The van der Waals surface area contributed by atoms with Crippen molar-refractivity contribution in [3.63, 3.8) is 0 Å². The van der Waals surface area contributed by atoms with Crippen LogP contribution in [-0.4, -0.2) is 16.5 Å². The van der Waals surface area contributed by atoms with E-state index in [9.17, 15) is 0 Å². The predicted octanol–water partition coefficient (Wildman–Crippen LogP) is 3.49. The molecule has 0 bridgehead atoms. The predicted molar refractivity (Wildman–Crippen MR) is 74.3 cm³/mol. The Bertz CT molecular complexity index is 320. The zero-order chi connectivity index (χ0) is 12.6. The van der Waals surface area contributed by atoms with Crippen LogP contribution in [0.3, 0.4) is 0 Å². The summed E-state index contributed by atoms with van der Waals surface area (Å²) in [5.74, 6) is 0.883. The van der Waals surface area contributed by atoms with Crippen LogP contribution in [0.2, 0.25) is 0 Å². The van der Waals surface area contributed by atoms with Crippen LogP contribution in [0.1, 0.15) is 63.5 Å². The highest BCUT2D eigenvalue weighted by molar-refractivity contribution is 5.09. The van der Waals surface area contributed by atoms with Crippen LogP contribution in [0.4, 0.5) is 0 Å². The molecule has 2 rings (SSSR count). The second-order valence-corrected chi connectivity index (χ2v) is 5.42. The van der Waals surface area contributed by atoms with Crippen molar-refractivity contribution in [1.29, 1.82) is 0 Å². The van der Waals surface area contributed by atoms with Gasteiger partial charge in [0, 0.05) is 24.0 Å². The lowest BCUT2D eigenvalue weighted by Crippen LogP contribution is -2.25. The molecule has 0 aromatic carbocycles. The van der Waals surface area contributed by atoms with E-state index in [1.807, 2.05) is 12.4 Å². The molecule has 0 saturated heterocycles. The number of nitrogens with zero attached hydrogens (tertiary/aromatic N) is 2. The lowest BCUT2D eigenvalue weighted by atomic mass is 9.83. The van der Waals surface area contributed by atoms with Gasteiger partial charge in [0.1, 0.15) is 6.33 Å². The zero-order valence-corrected chi connectivity index (χ0v) is 11.4. The number of nitrogens with one attached hydrogen (secondary N) is 1. The molecule has 1 fully saturated rings. The van der Waals surface area contributed by atoms with E-state index in [-0.39, 0.29) is 0 Å². The van der Waals surface area contributed by atoms with E-state index in [0.29, 0.717) is 6.04 Å². The van der Waals surface area contributed by atoms with E-state index in [1.54, 1.807) is 6.33 Å². The highest BCUT2D eigenvalue weighted by atomic mass is 14.9. The van der Waals surface area contributed by atoms with E-state index in [4.69, 9.17) is 0 Å². The molecule has 1 atom stereocenters. The Kier molecular flexibility index (Phi) is 5.59. The monoisotopic (exact) mass is 247 g/mol. The Morgan fingerprint density at radius 1 is 1.22 bits per heavy atom. The van der Waals surface area contributed by atoms with Crippen molar-refractivity contribution in [2.45, 2.75) is 57.9 Å². The Morgan fingerprint density at radius 3 is 2.61 bits per heavy atom. The number of hydrogen-bond donors (Lipinski definition) is 1. The molecule has 1 aromatic rings. The summed E-state index contributed by atoms with van der Waals surface area (Å²) in [4.78, 5) is 8.31. The van der Waals surface area contributed by atoms with Crippen molar-refractivity contribution < 1.29 is 0 Å². The number of hydrogen-bond acceptors (Lipinski definition) is 3. The maximum absolute atomic E-state index is 4.16. The molecular formula is C15H25N3. The SMILES string of the molecule is CCCNC(CC1CCCCC1)c1cncnc1. The Morgan fingerprint density at radius 2 is 1.94 bits per heavy atom. The van der Waals surface area contributed by atoms with Crippen LogP contribution in [0.15, 0.2) is 18.7 Å². The van der Waals surface area contributed by atoms with Crippen molar-refractivity contribution in [3.8, 4) is 0 Å². The fraction of sp³-hybridized carbons (Fsp3) is 0.733. The molecule has 100 valence electrons. The second kappa shape index (κ2) is 7.47. The van der Waals surface area contributed by atoms with Gasteiger partial charge in [0.05, 0.1) is 0 Å². The molecule has 1 N–H and O–H groups in total. The minimum Gasteiger partial charge on any atom is -0.310 e. The molecule has 0 aliphatic heterocycles. The molecule has 0 radical (unpaired) electrons. The van der Waals surface area contributed by atoms with E-state index in [0.717, 1.165) is 12.5 Å². The molecule has 0 spiro atoms. The largest absolute Gasteiger partial charge is 0.310 e. The highest BCUT2D eigenvalue weighted by Gasteiger charge is 2.20. The van der Waals surface area contributed by atoms with Crippen LogP contribution < -0.4 is 5.32 Å². The van der Waals surface area contributed by atoms with Crippen LogP contribution in [0.5, 0.6) is 0 Å². The fourth-order valence-corrected chi connectivity index (χ4v) is 2.90. The third-order valence-electron chi connectivity index (χ3n) is 3.92. The average molecular weight is 247 g/mol. The summed E-state index contributed by atoms with van der Waals surface area (Å²) in [6, 6.07) is 0.439. The average Bonchev–Trinajstić information content (AvgIpc) is 2.45. The van der Waals surface area contributed by atoms with Gasteiger partial charge in [-0.05, 0) is 25.3 Å². The third-order valence-corrected chi connectivity index (χ3v) is 3.92. The molecule has 3 heteroatoms. The first-order valence-corrected chi connectivity index (χ1v) is 7.38. The van der Waals surface area contributed by atoms with Gasteiger partial charge < -0.3 is 5.32 Å². The molecule has 18 heavy (non-hydrogen) atoms. The van der Waals surface area contributed by atoms with Crippen molar-refractivity contribution in [2.75, 3.05) is 6.54 Å². The van der Waals surface area contributed by atoms with Gasteiger partial charge in [0.25, 0.3) is 0 Å². The molecule has 3 nitrogen and oxygen atoms in total. The van der Waals surface area contributed by atoms with Crippen LogP contribution >= 0.6 is 0 Å². The van der Waals surface area contributed by atoms with E-state index < -0.39 is 0 Å². The van der Waals surface area contributed by atoms with Crippen molar-refractivity contribution in [1.82, 2.24) is 15.3 Å². The summed E-state index contributed by atoms with van der Waals surface area (Å²) in [5, 5.41) is 3.65. The van der Waals surface area contributed by atoms with E-state index >= 15 is 0 Å². The van der Waals surface area contributed by atoms with Gasteiger partial charge in [-0.15, -0.1) is 0 Å². The molecule has 1 saturated carbocycles. The van der Waals surface area contributed by atoms with Crippen molar-refractivity contribution >= 4 is 0 Å². The lowest BCUT2D eigenvalue weighted by molar-refractivity contribution is 0.299. The summed E-state index contributed by atoms with van der Waals surface area (Å²) in [6.07, 6.45) is 15.0. The minimum atomic E-state index is 0.439. The standard InChI is InChI=1S/C15H25N3/c1-2-8-18-15(14-10-16-12-17-11-14)9-13-6-4-3-5-7-13/h10-13,15,18H,2-9H2,1H3. The van der Waals surface area contributed by atoms with Gasteiger partial charge in [0.2, 0.25) is 0 Å². The quantitative estimate of drug-likeness (QED) is 0.836. The summed E-state index contributed by atoms with van der Waals surface area (Å²) in [5.41, 5.74) is 1.25. The summed E-state index contributed by atoms with van der Waals surface area (Å²) in [6.45, 7) is 3.29. The third kappa shape index (κ3) is 4.05.